The van der Waals surface area contributed by atoms with Gasteiger partial charge in [-0.25, -0.2) is 4.79 Å². The minimum atomic E-state index is -0.0313. The lowest BCUT2D eigenvalue weighted by Crippen LogP contribution is -2.51. The summed E-state index contributed by atoms with van der Waals surface area (Å²) in [6, 6.07) is 16.0. The van der Waals surface area contributed by atoms with E-state index in [-0.39, 0.29) is 6.03 Å². The Morgan fingerprint density at radius 2 is 1.56 bits per heavy atom. The van der Waals surface area contributed by atoms with E-state index in [1.807, 2.05) is 29.2 Å². The molecule has 1 aliphatic heterocycles. The fourth-order valence-corrected chi connectivity index (χ4v) is 3.21. The minimum absolute atomic E-state index is 0.0313. The lowest BCUT2D eigenvalue weighted by molar-refractivity contribution is 0.135. The molecule has 1 saturated heterocycles. The van der Waals surface area contributed by atoms with E-state index in [1.165, 1.54) is 5.56 Å². The molecule has 0 aromatic heterocycles. The molecule has 1 fully saturated rings. The molecular weight excluding hydrogens is 342 g/mol. The molecule has 0 bridgehead atoms. The molecule has 6 heteroatoms. The molecule has 0 atom stereocenters. The quantitative estimate of drug-likeness (QED) is 0.851. The second kappa shape index (κ2) is 9.28. The van der Waals surface area contributed by atoms with Gasteiger partial charge in [0.2, 0.25) is 0 Å². The molecule has 2 amide bonds. The van der Waals surface area contributed by atoms with Gasteiger partial charge < -0.3 is 19.7 Å². The predicted octanol–water partition coefficient (Wildman–Crippen LogP) is 2.73. The third-order valence-corrected chi connectivity index (χ3v) is 4.76. The lowest BCUT2D eigenvalue weighted by Gasteiger charge is -2.34. The standard InChI is InChI=1S/C21H27N3O3/c1-26-19-12-18(13-20(14-19)27-2)15-22-21(25)24-10-8-23(9-11-24)16-17-6-4-3-5-7-17/h3-7,12-14H,8-11,15-16H2,1-2H3,(H,22,25). The predicted molar refractivity (Wildman–Crippen MR) is 105 cm³/mol. The maximum Gasteiger partial charge on any atom is 0.317 e. The number of nitrogens with one attached hydrogen (secondary N) is 1. The second-order valence-electron chi connectivity index (χ2n) is 6.63. The van der Waals surface area contributed by atoms with Gasteiger partial charge in [0.15, 0.2) is 0 Å². The van der Waals surface area contributed by atoms with Gasteiger partial charge >= 0.3 is 6.03 Å². The largest absolute Gasteiger partial charge is 0.497 e. The number of carbonyl (C=O) groups is 1. The van der Waals surface area contributed by atoms with Gasteiger partial charge in [0.05, 0.1) is 14.2 Å². The first-order valence-corrected chi connectivity index (χ1v) is 9.19. The number of hydrogen-bond acceptors (Lipinski definition) is 4. The minimum Gasteiger partial charge on any atom is -0.497 e. The van der Waals surface area contributed by atoms with Crippen LogP contribution in [0, 0.1) is 0 Å². The number of methoxy groups -OCH3 is 2. The number of amides is 2. The van der Waals surface area contributed by atoms with E-state index in [0.717, 1.165) is 38.3 Å². The van der Waals surface area contributed by atoms with Crippen molar-refractivity contribution in [2.75, 3.05) is 40.4 Å². The zero-order valence-corrected chi connectivity index (χ0v) is 16.0. The Kier molecular flexibility index (Phi) is 6.54. The summed E-state index contributed by atoms with van der Waals surface area (Å²) in [7, 11) is 3.23. The van der Waals surface area contributed by atoms with Crippen LogP contribution >= 0.6 is 0 Å². The van der Waals surface area contributed by atoms with Crippen molar-refractivity contribution in [2.24, 2.45) is 0 Å². The van der Waals surface area contributed by atoms with E-state index in [4.69, 9.17) is 9.47 Å². The Morgan fingerprint density at radius 1 is 0.926 bits per heavy atom. The number of rotatable bonds is 6. The molecule has 27 heavy (non-hydrogen) atoms. The van der Waals surface area contributed by atoms with Crippen LogP contribution < -0.4 is 14.8 Å². The van der Waals surface area contributed by atoms with Gasteiger partial charge in [-0.2, -0.15) is 0 Å². The van der Waals surface area contributed by atoms with E-state index in [0.29, 0.717) is 18.0 Å². The van der Waals surface area contributed by atoms with Gasteiger partial charge in [-0.3, -0.25) is 4.90 Å². The van der Waals surface area contributed by atoms with Crippen molar-refractivity contribution < 1.29 is 14.3 Å². The zero-order chi connectivity index (χ0) is 19.1. The third-order valence-electron chi connectivity index (χ3n) is 4.76. The summed E-state index contributed by atoms with van der Waals surface area (Å²) in [6.45, 7) is 4.61. The van der Waals surface area contributed by atoms with Crippen LogP contribution in [0.5, 0.6) is 11.5 Å². The van der Waals surface area contributed by atoms with Gasteiger partial charge in [0.1, 0.15) is 11.5 Å². The summed E-state index contributed by atoms with van der Waals surface area (Å²) in [4.78, 5) is 16.7. The Morgan fingerprint density at radius 3 is 2.15 bits per heavy atom. The normalized spacial score (nSPS) is 14.7. The van der Waals surface area contributed by atoms with Crippen LogP contribution in [-0.2, 0) is 13.1 Å². The molecule has 3 rings (SSSR count). The van der Waals surface area contributed by atoms with E-state index < -0.39 is 0 Å². The number of carbonyl (C=O) groups excluding carboxylic acids is 1. The number of piperazine rings is 1. The van der Waals surface area contributed by atoms with E-state index in [2.05, 4.69) is 34.5 Å². The van der Waals surface area contributed by atoms with Gasteiger partial charge in [-0.05, 0) is 23.3 Å². The van der Waals surface area contributed by atoms with Crippen LogP contribution in [-0.4, -0.2) is 56.2 Å². The smallest absolute Gasteiger partial charge is 0.317 e. The summed E-state index contributed by atoms with van der Waals surface area (Å²) >= 11 is 0. The highest BCUT2D eigenvalue weighted by Crippen LogP contribution is 2.22. The monoisotopic (exact) mass is 369 g/mol. The van der Waals surface area contributed by atoms with Crippen LogP contribution in [0.2, 0.25) is 0 Å². The van der Waals surface area contributed by atoms with Crippen molar-refractivity contribution in [3.05, 3.63) is 59.7 Å². The van der Waals surface area contributed by atoms with Crippen LogP contribution in [0.15, 0.2) is 48.5 Å². The SMILES string of the molecule is COc1cc(CNC(=O)N2CCN(Cc3ccccc3)CC2)cc(OC)c1. The summed E-state index contributed by atoms with van der Waals surface area (Å²) in [5.41, 5.74) is 2.25. The molecule has 0 unspecified atom stereocenters. The van der Waals surface area contributed by atoms with E-state index in [9.17, 15) is 4.79 Å². The van der Waals surface area contributed by atoms with Crippen molar-refractivity contribution in [1.29, 1.82) is 0 Å². The lowest BCUT2D eigenvalue weighted by atomic mass is 10.2. The van der Waals surface area contributed by atoms with Gasteiger partial charge in [-0.15, -0.1) is 0 Å². The molecule has 0 radical (unpaired) electrons. The maximum absolute atomic E-state index is 12.5. The maximum atomic E-state index is 12.5. The van der Waals surface area contributed by atoms with Crippen LogP contribution in [0.25, 0.3) is 0 Å². The molecule has 144 valence electrons. The van der Waals surface area contributed by atoms with Crippen LogP contribution in [0.4, 0.5) is 4.79 Å². The highest BCUT2D eigenvalue weighted by atomic mass is 16.5. The van der Waals surface area contributed by atoms with Crippen molar-refractivity contribution in [2.45, 2.75) is 13.1 Å². The first-order valence-electron chi connectivity index (χ1n) is 9.19. The van der Waals surface area contributed by atoms with Gasteiger partial charge in [0.25, 0.3) is 0 Å². The number of benzene rings is 2. The van der Waals surface area contributed by atoms with Crippen molar-refractivity contribution in [1.82, 2.24) is 15.1 Å². The molecule has 1 N–H and O–H groups in total. The highest BCUT2D eigenvalue weighted by molar-refractivity contribution is 5.74. The summed E-state index contributed by atoms with van der Waals surface area (Å²) in [5, 5.41) is 2.99. The average molecular weight is 369 g/mol. The molecule has 1 aliphatic rings. The molecule has 1 heterocycles. The van der Waals surface area contributed by atoms with Crippen molar-refractivity contribution >= 4 is 6.03 Å². The van der Waals surface area contributed by atoms with E-state index in [1.54, 1.807) is 14.2 Å². The van der Waals surface area contributed by atoms with Crippen molar-refractivity contribution in [3.8, 4) is 11.5 Å². The molecule has 0 spiro atoms. The molecule has 0 aliphatic carbocycles. The number of ether oxygens (including phenoxy) is 2. The van der Waals surface area contributed by atoms with E-state index >= 15 is 0 Å². The number of hydrogen-bond donors (Lipinski definition) is 1. The van der Waals surface area contributed by atoms with Crippen LogP contribution in [0.1, 0.15) is 11.1 Å². The Balaban J connectivity index is 1.47. The second-order valence-corrected chi connectivity index (χ2v) is 6.63. The first-order chi connectivity index (χ1) is 13.2. The molecular formula is C21H27N3O3. The average Bonchev–Trinajstić information content (AvgIpc) is 2.73. The topological polar surface area (TPSA) is 54.0 Å². The molecule has 2 aromatic carbocycles. The molecule has 6 nitrogen and oxygen atoms in total. The Hall–Kier alpha value is -2.73. The highest BCUT2D eigenvalue weighted by Gasteiger charge is 2.20. The summed E-state index contributed by atoms with van der Waals surface area (Å²) in [6.07, 6.45) is 0. The van der Waals surface area contributed by atoms with Crippen LogP contribution in [0.3, 0.4) is 0 Å². The number of urea groups is 1. The molecule has 0 saturated carbocycles. The van der Waals surface area contributed by atoms with Gasteiger partial charge in [0, 0.05) is 45.3 Å². The van der Waals surface area contributed by atoms with Crippen molar-refractivity contribution in [3.63, 3.8) is 0 Å². The Labute approximate surface area is 160 Å². The number of nitrogens with zero attached hydrogens (tertiary/aromatic N) is 2. The molecule has 2 aromatic rings. The summed E-state index contributed by atoms with van der Waals surface area (Å²) < 4.78 is 10.5. The van der Waals surface area contributed by atoms with Gasteiger partial charge in [-0.1, -0.05) is 30.3 Å². The zero-order valence-electron chi connectivity index (χ0n) is 16.0. The first kappa shape index (κ1) is 19.0. The third kappa shape index (κ3) is 5.37. The summed E-state index contributed by atoms with van der Waals surface area (Å²) in [5.74, 6) is 1.43. The fraction of sp³-hybridized carbons (Fsp3) is 0.381. The fourth-order valence-electron chi connectivity index (χ4n) is 3.21. The Bertz CT molecular complexity index is 721.